The van der Waals surface area contributed by atoms with E-state index in [0.29, 0.717) is 23.8 Å². The second-order valence-electron chi connectivity index (χ2n) is 7.22. The number of hydrogen-bond acceptors (Lipinski definition) is 7. The molecule has 32 heavy (non-hydrogen) atoms. The molecule has 3 rings (SSSR count). The van der Waals surface area contributed by atoms with Gasteiger partial charge in [-0.1, -0.05) is 0 Å². The van der Waals surface area contributed by atoms with Gasteiger partial charge in [0.2, 0.25) is 5.75 Å². The maximum Gasteiger partial charge on any atom is 0.203 e. The maximum absolute atomic E-state index is 5.43. The zero-order valence-corrected chi connectivity index (χ0v) is 22.4. The number of nitrogens with zero attached hydrogens (tertiary/aromatic N) is 3. The van der Waals surface area contributed by atoms with E-state index in [9.17, 15) is 0 Å². The van der Waals surface area contributed by atoms with Crippen LogP contribution in [0.5, 0.6) is 17.2 Å². The Bertz CT molecular complexity index is 846. The molecule has 0 radical (unpaired) electrons. The van der Waals surface area contributed by atoms with Crippen molar-refractivity contribution in [1.82, 2.24) is 15.6 Å². The van der Waals surface area contributed by atoms with Crippen molar-refractivity contribution in [2.45, 2.75) is 32.7 Å². The third-order valence-electron chi connectivity index (χ3n) is 5.08. The molecule has 0 aliphatic carbocycles. The minimum absolute atomic E-state index is 0. The first kappa shape index (κ1) is 26.3. The zero-order chi connectivity index (χ0) is 22.1. The van der Waals surface area contributed by atoms with E-state index < -0.39 is 0 Å². The molecule has 0 unspecified atom stereocenters. The van der Waals surface area contributed by atoms with Crippen molar-refractivity contribution < 1.29 is 14.2 Å². The number of rotatable bonds is 10. The third-order valence-corrected chi connectivity index (χ3v) is 6.03. The maximum atomic E-state index is 5.43. The zero-order valence-electron chi connectivity index (χ0n) is 19.3. The number of aliphatic imine (C=N–C) groups is 1. The summed E-state index contributed by atoms with van der Waals surface area (Å²) in [5, 5.41) is 10.0. The number of thiazole rings is 1. The van der Waals surface area contributed by atoms with Gasteiger partial charge in [-0.3, -0.25) is 0 Å². The molecule has 2 aromatic rings. The molecule has 1 aromatic heterocycles. The molecule has 10 heteroatoms. The lowest BCUT2D eigenvalue weighted by molar-refractivity contribution is 0.324. The number of halogens is 1. The molecule has 2 N–H and O–H groups in total. The number of anilines is 1. The third kappa shape index (κ3) is 7.03. The Labute approximate surface area is 211 Å². The van der Waals surface area contributed by atoms with Crippen LogP contribution in [0.4, 0.5) is 5.13 Å². The van der Waals surface area contributed by atoms with Gasteiger partial charge in [-0.2, -0.15) is 0 Å². The van der Waals surface area contributed by atoms with Gasteiger partial charge < -0.3 is 29.7 Å². The van der Waals surface area contributed by atoms with Gasteiger partial charge in [-0.05, 0) is 37.5 Å². The molecule has 0 bridgehead atoms. The van der Waals surface area contributed by atoms with Crippen LogP contribution in [0.15, 0.2) is 22.5 Å². The highest BCUT2D eigenvalue weighted by Gasteiger charge is 2.16. The summed E-state index contributed by atoms with van der Waals surface area (Å²) in [6.07, 6.45) is 3.40. The number of benzene rings is 1. The second kappa shape index (κ2) is 13.6. The number of aromatic nitrogens is 1. The van der Waals surface area contributed by atoms with Gasteiger partial charge >= 0.3 is 0 Å². The molecule has 1 aliphatic heterocycles. The molecule has 0 spiro atoms. The first-order valence-corrected chi connectivity index (χ1v) is 11.6. The monoisotopic (exact) mass is 575 g/mol. The normalized spacial score (nSPS) is 13.5. The Kier molecular flexibility index (Phi) is 11.1. The van der Waals surface area contributed by atoms with Crippen molar-refractivity contribution >= 4 is 46.4 Å². The van der Waals surface area contributed by atoms with E-state index >= 15 is 0 Å². The lowest BCUT2D eigenvalue weighted by Gasteiger charge is -2.14. The highest BCUT2D eigenvalue weighted by Crippen LogP contribution is 2.38. The largest absolute Gasteiger partial charge is 0.493 e. The summed E-state index contributed by atoms with van der Waals surface area (Å²) in [4.78, 5) is 11.9. The highest BCUT2D eigenvalue weighted by molar-refractivity contribution is 14.0. The van der Waals surface area contributed by atoms with Crippen LogP contribution < -0.4 is 29.7 Å². The summed E-state index contributed by atoms with van der Waals surface area (Å²) >= 11 is 1.74. The fraction of sp³-hybridized carbons (Fsp3) is 0.545. The van der Waals surface area contributed by atoms with Gasteiger partial charge in [-0.15, -0.1) is 35.3 Å². The van der Waals surface area contributed by atoms with Crippen LogP contribution in [0.3, 0.4) is 0 Å². The Morgan fingerprint density at radius 2 is 1.78 bits per heavy atom. The average Bonchev–Trinajstić information content (AvgIpc) is 3.48. The SMILES string of the molecule is CCNC(=NCc1cc(OC)c(OC)c(OC)c1)NCCc1csc(N2CCCC2)n1.I. The minimum atomic E-state index is 0. The molecular weight excluding hydrogens is 541 g/mol. The van der Waals surface area contributed by atoms with Crippen molar-refractivity contribution in [2.24, 2.45) is 4.99 Å². The fourth-order valence-electron chi connectivity index (χ4n) is 3.51. The predicted octanol–water partition coefficient (Wildman–Crippen LogP) is 3.68. The van der Waals surface area contributed by atoms with E-state index in [4.69, 9.17) is 24.2 Å². The van der Waals surface area contributed by atoms with Gasteiger partial charge in [0.1, 0.15) is 0 Å². The molecule has 2 heterocycles. The van der Waals surface area contributed by atoms with E-state index in [-0.39, 0.29) is 24.0 Å². The molecule has 0 atom stereocenters. The smallest absolute Gasteiger partial charge is 0.203 e. The molecule has 0 amide bonds. The number of hydrogen-bond donors (Lipinski definition) is 2. The van der Waals surface area contributed by atoms with Crippen LogP contribution in [0, 0.1) is 0 Å². The van der Waals surface area contributed by atoms with E-state index in [2.05, 4.69) is 27.8 Å². The van der Waals surface area contributed by atoms with E-state index in [1.807, 2.05) is 12.1 Å². The van der Waals surface area contributed by atoms with E-state index in [1.54, 1.807) is 32.7 Å². The number of methoxy groups -OCH3 is 3. The molecule has 1 fully saturated rings. The van der Waals surface area contributed by atoms with Crippen molar-refractivity contribution in [2.75, 3.05) is 52.4 Å². The van der Waals surface area contributed by atoms with Crippen molar-refractivity contribution in [3.8, 4) is 17.2 Å². The fourth-order valence-corrected chi connectivity index (χ4v) is 4.43. The molecule has 178 valence electrons. The number of guanidine groups is 1. The standard InChI is InChI=1S/C22H33N5O3S.HI/c1-5-23-21(24-9-8-17-15-31-22(26-17)27-10-6-7-11-27)25-14-16-12-18(28-2)20(30-4)19(13-16)29-3;/h12-13,15H,5-11,14H2,1-4H3,(H2,23,24,25);1H. The van der Waals surface area contributed by atoms with Crippen LogP contribution in [-0.2, 0) is 13.0 Å². The van der Waals surface area contributed by atoms with Gasteiger partial charge in [0.05, 0.1) is 33.6 Å². The molecule has 1 aromatic carbocycles. The second-order valence-corrected chi connectivity index (χ2v) is 8.06. The summed E-state index contributed by atoms with van der Waals surface area (Å²) in [5.41, 5.74) is 2.10. The molecular formula is C22H34IN5O3S. The Hall–Kier alpha value is -1.95. The van der Waals surface area contributed by atoms with Crippen LogP contribution in [0.1, 0.15) is 31.0 Å². The van der Waals surface area contributed by atoms with Gasteiger partial charge in [0.15, 0.2) is 22.6 Å². The lowest BCUT2D eigenvalue weighted by Crippen LogP contribution is -2.38. The van der Waals surface area contributed by atoms with Crippen LogP contribution in [0.2, 0.25) is 0 Å². The molecule has 0 saturated carbocycles. The average molecular weight is 576 g/mol. The van der Waals surface area contributed by atoms with Crippen molar-refractivity contribution in [3.63, 3.8) is 0 Å². The topological polar surface area (TPSA) is 80.2 Å². The molecule has 8 nitrogen and oxygen atoms in total. The molecule has 1 saturated heterocycles. The summed E-state index contributed by atoms with van der Waals surface area (Å²) in [5.74, 6) is 2.61. The van der Waals surface area contributed by atoms with Crippen molar-refractivity contribution in [3.05, 3.63) is 28.8 Å². The summed E-state index contributed by atoms with van der Waals surface area (Å²) < 4.78 is 16.3. The van der Waals surface area contributed by atoms with Crippen LogP contribution in [-0.4, -0.2) is 58.5 Å². The van der Waals surface area contributed by atoms with E-state index in [1.165, 1.54) is 12.8 Å². The highest BCUT2D eigenvalue weighted by atomic mass is 127. The van der Waals surface area contributed by atoms with E-state index in [0.717, 1.165) is 54.9 Å². The van der Waals surface area contributed by atoms with Crippen molar-refractivity contribution in [1.29, 1.82) is 0 Å². The van der Waals surface area contributed by atoms with Crippen LogP contribution >= 0.6 is 35.3 Å². The quantitative estimate of drug-likeness (QED) is 0.254. The first-order valence-electron chi connectivity index (χ1n) is 10.7. The van der Waals surface area contributed by atoms with Gasteiger partial charge in [-0.25, -0.2) is 9.98 Å². The summed E-state index contributed by atoms with van der Waals surface area (Å²) in [6, 6.07) is 3.84. The predicted molar refractivity (Wildman–Crippen MR) is 142 cm³/mol. The summed E-state index contributed by atoms with van der Waals surface area (Å²) in [7, 11) is 4.83. The number of nitrogens with one attached hydrogen (secondary N) is 2. The Morgan fingerprint density at radius 3 is 2.38 bits per heavy atom. The lowest BCUT2D eigenvalue weighted by atomic mass is 10.2. The van der Waals surface area contributed by atoms with Gasteiger partial charge in [0, 0.05) is 38.0 Å². The first-order chi connectivity index (χ1) is 15.2. The summed E-state index contributed by atoms with van der Waals surface area (Å²) in [6.45, 7) is 6.36. The van der Waals surface area contributed by atoms with Gasteiger partial charge in [0.25, 0.3) is 0 Å². The Balaban J connectivity index is 0.00000363. The minimum Gasteiger partial charge on any atom is -0.493 e. The number of ether oxygens (including phenoxy) is 3. The van der Waals surface area contributed by atoms with Crippen LogP contribution in [0.25, 0.3) is 0 Å². The molecule has 1 aliphatic rings. The Morgan fingerprint density at radius 1 is 1.09 bits per heavy atom.